The lowest BCUT2D eigenvalue weighted by molar-refractivity contribution is 0.0679. The molecule has 0 amide bonds. The molecule has 3 aromatic heterocycles. The first-order valence-corrected chi connectivity index (χ1v) is 10.8. The summed E-state index contributed by atoms with van der Waals surface area (Å²) in [5.41, 5.74) is 9.65. The molecule has 0 atom stereocenters. The molecule has 0 spiro atoms. The number of nitrogens with two attached hydrogens (primary N) is 1. The number of anilines is 1. The van der Waals surface area contributed by atoms with Gasteiger partial charge in [-0.25, -0.2) is 14.6 Å². The molecule has 5 rings (SSSR count). The molecule has 4 heterocycles. The Balaban J connectivity index is 1.72. The summed E-state index contributed by atoms with van der Waals surface area (Å²) in [6.45, 7) is 5.79. The van der Waals surface area contributed by atoms with Gasteiger partial charge in [-0.05, 0) is 43.2 Å². The average Bonchev–Trinajstić information content (AvgIpc) is 3.13. The number of nitrogen functional groups attached to an aromatic ring is 1. The fourth-order valence-electron chi connectivity index (χ4n) is 4.68. The Bertz CT molecular complexity index is 1330. The maximum atomic E-state index is 13.7. The molecule has 0 radical (unpaired) electrons. The molecule has 0 unspecified atom stereocenters. The predicted molar refractivity (Wildman–Crippen MR) is 120 cm³/mol. The van der Waals surface area contributed by atoms with Gasteiger partial charge in [-0.15, -0.1) is 0 Å². The van der Waals surface area contributed by atoms with E-state index in [-0.39, 0.29) is 11.6 Å². The van der Waals surface area contributed by atoms with Crippen molar-refractivity contribution in [3.8, 4) is 0 Å². The highest BCUT2D eigenvalue weighted by molar-refractivity contribution is 5.88. The quantitative estimate of drug-likeness (QED) is 0.547. The van der Waals surface area contributed by atoms with Crippen LogP contribution in [0.2, 0.25) is 0 Å². The highest BCUT2D eigenvalue weighted by Crippen LogP contribution is 2.27. The van der Waals surface area contributed by atoms with Gasteiger partial charge in [0.05, 0.1) is 23.0 Å². The third-order valence-corrected chi connectivity index (χ3v) is 6.20. The Kier molecular flexibility index (Phi) is 4.94. The molecule has 1 aliphatic heterocycles. The van der Waals surface area contributed by atoms with Gasteiger partial charge in [-0.3, -0.25) is 4.79 Å². The fraction of sp³-hybridized carbons (Fsp3) is 0.391. The molecule has 31 heavy (non-hydrogen) atoms. The summed E-state index contributed by atoms with van der Waals surface area (Å²) in [6, 6.07) is 8.20. The van der Waals surface area contributed by atoms with Crippen LogP contribution in [0.4, 0.5) is 5.82 Å². The molecule has 2 N–H and O–H groups in total. The van der Waals surface area contributed by atoms with Crippen LogP contribution < -0.4 is 11.3 Å². The van der Waals surface area contributed by atoms with Crippen LogP contribution >= 0.6 is 0 Å². The van der Waals surface area contributed by atoms with E-state index in [4.69, 9.17) is 15.6 Å². The maximum Gasteiger partial charge on any atom is 0.259 e. The molecule has 8 nitrogen and oxygen atoms in total. The summed E-state index contributed by atoms with van der Waals surface area (Å²) in [4.78, 5) is 22.3. The Labute approximate surface area is 179 Å². The van der Waals surface area contributed by atoms with Crippen molar-refractivity contribution in [2.75, 3.05) is 18.9 Å². The Morgan fingerprint density at radius 1 is 1.19 bits per heavy atom. The summed E-state index contributed by atoms with van der Waals surface area (Å²) >= 11 is 0. The second-order valence-electron chi connectivity index (χ2n) is 8.11. The van der Waals surface area contributed by atoms with E-state index in [9.17, 15) is 4.79 Å². The molecule has 1 aromatic carbocycles. The highest BCUT2D eigenvalue weighted by atomic mass is 16.5. The van der Waals surface area contributed by atoms with Crippen molar-refractivity contribution in [1.29, 1.82) is 0 Å². The van der Waals surface area contributed by atoms with Crippen LogP contribution in [0, 0.1) is 6.92 Å². The van der Waals surface area contributed by atoms with E-state index < -0.39 is 0 Å². The first kappa shape index (κ1) is 19.7. The van der Waals surface area contributed by atoms with Gasteiger partial charge in [-0.2, -0.15) is 5.10 Å². The standard InChI is InChI=1S/C23H26N6O2/c1-3-18-20-21(24)25-13-26-22(20)28(27-18)12-17-11-15-6-4-5-14(2)19(15)23(30)29(17)16-7-9-31-10-8-16/h4-6,11,13,16H,3,7-10,12H2,1-2H3,(H2,24,25,26). The second-order valence-corrected chi connectivity index (χ2v) is 8.11. The van der Waals surface area contributed by atoms with Crippen molar-refractivity contribution < 1.29 is 4.74 Å². The SMILES string of the molecule is CCc1nn(Cc2cc3cccc(C)c3c(=O)n2C2CCOCC2)c2ncnc(N)c12. The van der Waals surface area contributed by atoms with E-state index in [2.05, 4.69) is 16.0 Å². The van der Waals surface area contributed by atoms with Gasteiger partial charge in [0.25, 0.3) is 5.56 Å². The van der Waals surface area contributed by atoms with Gasteiger partial charge in [-0.1, -0.05) is 25.1 Å². The first-order valence-electron chi connectivity index (χ1n) is 10.8. The van der Waals surface area contributed by atoms with E-state index in [0.717, 1.165) is 52.4 Å². The third-order valence-electron chi connectivity index (χ3n) is 6.20. The minimum absolute atomic E-state index is 0.0545. The smallest absolute Gasteiger partial charge is 0.259 e. The molecular weight excluding hydrogens is 392 g/mol. The minimum atomic E-state index is 0.0545. The van der Waals surface area contributed by atoms with Crippen molar-refractivity contribution in [2.45, 2.75) is 45.7 Å². The number of nitrogens with zero attached hydrogens (tertiary/aromatic N) is 5. The Morgan fingerprint density at radius 2 is 2.00 bits per heavy atom. The molecule has 1 aliphatic rings. The van der Waals surface area contributed by atoms with E-state index in [1.165, 1.54) is 6.33 Å². The largest absolute Gasteiger partial charge is 0.383 e. The van der Waals surface area contributed by atoms with E-state index in [1.807, 2.05) is 41.3 Å². The molecule has 0 saturated carbocycles. The number of aryl methyl sites for hydroxylation is 2. The second kappa shape index (κ2) is 7.77. The summed E-state index contributed by atoms with van der Waals surface area (Å²) in [6.07, 6.45) is 3.83. The predicted octanol–water partition coefficient (Wildman–Crippen LogP) is 2.99. The average molecular weight is 419 g/mol. The van der Waals surface area contributed by atoms with Gasteiger partial charge in [0, 0.05) is 24.9 Å². The summed E-state index contributed by atoms with van der Waals surface area (Å²) < 4.78 is 9.36. The molecular formula is C23H26N6O2. The summed E-state index contributed by atoms with van der Waals surface area (Å²) in [7, 11) is 0. The van der Waals surface area contributed by atoms with Gasteiger partial charge < -0.3 is 15.0 Å². The van der Waals surface area contributed by atoms with Crippen LogP contribution in [0.1, 0.15) is 42.8 Å². The number of aromatic nitrogens is 5. The van der Waals surface area contributed by atoms with Crippen molar-refractivity contribution in [3.63, 3.8) is 0 Å². The zero-order valence-electron chi connectivity index (χ0n) is 17.8. The highest BCUT2D eigenvalue weighted by Gasteiger charge is 2.23. The Hall–Kier alpha value is -3.26. The van der Waals surface area contributed by atoms with Crippen LogP contribution in [0.25, 0.3) is 21.8 Å². The number of ether oxygens (including phenoxy) is 1. The maximum absolute atomic E-state index is 13.7. The first-order chi connectivity index (χ1) is 15.1. The van der Waals surface area contributed by atoms with Crippen LogP contribution in [0.3, 0.4) is 0 Å². The summed E-state index contributed by atoms with van der Waals surface area (Å²) in [5, 5.41) is 7.29. The zero-order valence-corrected chi connectivity index (χ0v) is 17.8. The molecule has 1 saturated heterocycles. The van der Waals surface area contributed by atoms with Crippen molar-refractivity contribution in [3.05, 3.63) is 57.9 Å². The lowest BCUT2D eigenvalue weighted by Crippen LogP contribution is -2.32. The molecule has 160 valence electrons. The number of rotatable bonds is 4. The molecule has 8 heteroatoms. The van der Waals surface area contributed by atoms with E-state index in [1.54, 1.807) is 0 Å². The van der Waals surface area contributed by atoms with Crippen molar-refractivity contribution in [2.24, 2.45) is 0 Å². The zero-order chi connectivity index (χ0) is 21.5. The lowest BCUT2D eigenvalue weighted by atomic mass is 10.0. The third kappa shape index (κ3) is 3.27. The topological polar surface area (TPSA) is 101 Å². The van der Waals surface area contributed by atoms with Gasteiger partial charge in [0.2, 0.25) is 0 Å². The van der Waals surface area contributed by atoms with E-state index in [0.29, 0.717) is 31.2 Å². The lowest BCUT2D eigenvalue weighted by Gasteiger charge is -2.27. The number of hydrogen-bond donors (Lipinski definition) is 1. The van der Waals surface area contributed by atoms with Crippen molar-refractivity contribution >= 4 is 27.6 Å². The van der Waals surface area contributed by atoms with Gasteiger partial charge in [0.15, 0.2) is 5.65 Å². The normalized spacial score (nSPS) is 15.2. The summed E-state index contributed by atoms with van der Waals surface area (Å²) in [5.74, 6) is 0.434. The van der Waals surface area contributed by atoms with Crippen LogP contribution in [0.15, 0.2) is 35.4 Å². The molecule has 4 aromatic rings. The monoisotopic (exact) mass is 418 g/mol. The number of fused-ring (bicyclic) bond motifs is 2. The Morgan fingerprint density at radius 3 is 2.77 bits per heavy atom. The van der Waals surface area contributed by atoms with Crippen LogP contribution in [-0.2, 0) is 17.7 Å². The van der Waals surface area contributed by atoms with Crippen LogP contribution in [0.5, 0.6) is 0 Å². The molecule has 0 bridgehead atoms. The fourth-order valence-corrected chi connectivity index (χ4v) is 4.68. The van der Waals surface area contributed by atoms with Crippen molar-refractivity contribution in [1.82, 2.24) is 24.3 Å². The van der Waals surface area contributed by atoms with Crippen LogP contribution in [-0.4, -0.2) is 37.5 Å². The van der Waals surface area contributed by atoms with E-state index >= 15 is 0 Å². The number of hydrogen-bond acceptors (Lipinski definition) is 6. The molecule has 1 fully saturated rings. The number of pyridine rings is 1. The van der Waals surface area contributed by atoms with Gasteiger partial charge >= 0.3 is 0 Å². The minimum Gasteiger partial charge on any atom is -0.383 e. The molecule has 0 aliphatic carbocycles. The van der Waals surface area contributed by atoms with Gasteiger partial charge in [0.1, 0.15) is 12.1 Å². The number of benzene rings is 1.